The molecule has 0 bridgehead atoms. The summed E-state index contributed by atoms with van der Waals surface area (Å²) in [5.41, 5.74) is 6.27. The van der Waals surface area contributed by atoms with Crippen molar-refractivity contribution in [2.75, 3.05) is 5.73 Å². The Bertz CT molecular complexity index is 433. The van der Waals surface area contributed by atoms with Gasteiger partial charge in [-0.15, -0.1) is 0 Å². The number of rotatable bonds is 3. The summed E-state index contributed by atoms with van der Waals surface area (Å²) in [5.74, 6) is 1.98. The first-order valence-corrected chi connectivity index (χ1v) is 7.34. The molecule has 1 aliphatic rings. The maximum absolute atomic E-state index is 11.2. The zero-order valence-corrected chi connectivity index (χ0v) is 12.3. The fraction of sp³-hybridized carbons (Fsp3) is 0.688. The zero-order chi connectivity index (χ0) is 14.0. The fourth-order valence-corrected chi connectivity index (χ4v) is 3.68. The molecule has 3 unspecified atom stereocenters. The van der Waals surface area contributed by atoms with Crippen molar-refractivity contribution in [2.24, 2.45) is 17.8 Å². The van der Waals surface area contributed by atoms with Crippen LogP contribution in [0.25, 0.3) is 0 Å². The average molecular weight is 262 g/mol. The van der Waals surface area contributed by atoms with Crippen LogP contribution in [0.4, 0.5) is 5.82 Å². The Morgan fingerprint density at radius 2 is 2.21 bits per heavy atom. The van der Waals surface area contributed by atoms with Crippen LogP contribution < -0.4 is 5.73 Å². The van der Waals surface area contributed by atoms with E-state index in [9.17, 15) is 5.11 Å². The Hall–Kier alpha value is -1.09. The highest BCUT2D eigenvalue weighted by molar-refractivity contribution is 5.39. The van der Waals surface area contributed by atoms with Crippen molar-refractivity contribution in [3.63, 3.8) is 0 Å². The van der Waals surface area contributed by atoms with Gasteiger partial charge in [0.25, 0.3) is 0 Å². The molecule has 0 spiro atoms. The molecule has 0 saturated heterocycles. The lowest BCUT2D eigenvalue weighted by Gasteiger charge is -2.45. The van der Waals surface area contributed by atoms with Crippen molar-refractivity contribution in [3.8, 4) is 0 Å². The number of aliphatic hydroxyl groups is 1. The Morgan fingerprint density at radius 1 is 1.47 bits per heavy atom. The molecule has 1 saturated carbocycles. The third kappa shape index (κ3) is 3.08. The number of nitrogens with two attached hydrogens (primary N) is 1. The molecule has 1 aromatic heterocycles. The molecule has 106 valence electrons. The average Bonchev–Trinajstić information content (AvgIpc) is 2.31. The van der Waals surface area contributed by atoms with Gasteiger partial charge in [-0.25, -0.2) is 4.98 Å². The Balaban J connectivity index is 2.24. The summed E-state index contributed by atoms with van der Waals surface area (Å²) < 4.78 is 0. The van der Waals surface area contributed by atoms with Crippen molar-refractivity contribution < 1.29 is 5.11 Å². The van der Waals surface area contributed by atoms with Gasteiger partial charge in [-0.3, -0.25) is 0 Å². The monoisotopic (exact) mass is 262 g/mol. The van der Waals surface area contributed by atoms with Gasteiger partial charge in [0.2, 0.25) is 0 Å². The summed E-state index contributed by atoms with van der Waals surface area (Å²) in [7, 11) is 0. The van der Waals surface area contributed by atoms with Crippen molar-refractivity contribution in [2.45, 2.75) is 52.1 Å². The van der Waals surface area contributed by atoms with E-state index in [0.717, 1.165) is 18.4 Å². The van der Waals surface area contributed by atoms with Gasteiger partial charge in [-0.05, 0) is 42.2 Å². The molecule has 3 nitrogen and oxygen atoms in total. The lowest BCUT2D eigenvalue weighted by atomic mass is 9.65. The van der Waals surface area contributed by atoms with Crippen LogP contribution >= 0.6 is 0 Å². The van der Waals surface area contributed by atoms with Crippen LogP contribution in [0.1, 0.15) is 45.6 Å². The van der Waals surface area contributed by atoms with Crippen LogP contribution in [0.3, 0.4) is 0 Å². The second kappa shape index (κ2) is 5.49. The molecule has 3 N–H and O–H groups in total. The van der Waals surface area contributed by atoms with Crippen molar-refractivity contribution in [3.05, 3.63) is 23.9 Å². The molecule has 1 aromatic rings. The molecule has 0 radical (unpaired) electrons. The standard InChI is InChI=1S/C16H26N2O/c1-11(2)14-7-6-12(3)9-16(14,19)10-13-5-4-8-18-15(13)17/h4-5,8,11-12,14,19H,6-7,9-10H2,1-3H3,(H2,17,18). The van der Waals surface area contributed by atoms with E-state index in [-0.39, 0.29) is 0 Å². The molecule has 1 fully saturated rings. The molecular weight excluding hydrogens is 236 g/mol. The van der Waals surface area contributed by atoms with Crippen molar-refractivity contribution >= 4 is 5.82 Å². The summed E-state index contributed by atoms with van der Waals surface area (Å²) in [4.78, 5) is 4.13. The predicted octanol–water partition coefficient (Wildman–Crippen LogP) is 3.03. The molecule has 1 aliphatic carbocycles. The molecule has 3 atom stereocenters. The van der Waals surface area contributed by atoms with E-state index < -0.39 is 5.60 Å². The van der Waals surface area contributed by atoms with Crippen LogP contribution in [-0.4, -0.2) is 15.7 Å². The summed E-state index contributed by atoms with van der Waals surface area (Å²) in [6, 6.07) is 3.88. The molecule has 3 heteroatoms. The van der Waals surface area contributed by atoms with Crippen LogP contribution in [0, 0.1) is 17.8 Å². The first-order chi connectivity index (χ1) is 8.92. The lowest BCUT2D eigenvalue weighted by Crippen LogP contribution is -2.47. The first kappa shape index (κ1) is 14.3. The normalized spacial score (nSPS) is 31.6. The Morgan fingerprint density at radius 3 is 2.84 bits per heavy atom. The summed E-state index contributed by atoms with van der Waals surface area (Å²) in [5, 5.41) is 11.2. The van der Waals surface area contributed by atoms with Crippen LogP contribution in [-0.2, 0) is 6.42 Å². The zero-order valence-electron chi connectivity index (χ0n) is 12.3. The van der Waals surface area contributed by atoms with Gasteiger partial charge in [0.05, 0.1) is 5.60 Å². The first-order valence-electron chi connectivity index (χ1n) is 7.34. The van der Waals surface area contributed by atoms with Crippen LogP contribution in [0.15, 0.2) is 18.3 Å². The van der Waals surface area contributed by atoms with E-state index in [1.165, 1.54) is 6.42 Å². The highest BCUT2D eigenvalue weighted by Crippen LogP contribution is 2.43. The second-order valence-corrected chi connectivity index (χ2v) is 6.57. The lowest BCUT2D eigenvalue weighted by molar-refractivity contribution is -0.0794. The molecule has 1 heterocycles. The van der Waals surface area contributed by atoms with E-state index in [1.54, 1.807) is 6.20 Å². The number of hydrogen-bond donors (Lipinski definition) is 2. The highest BCUT2D eigenvalue weighted by atomic mass is 16.3. The molecule has 2 rings (SSSR count). The molecule has 19 heavy (non-hydrogen) atoms. The number of pyridine rings is 1. The minimum Gasteiger partial charge on any atom is -0.389 e. The third-order valence-electron chi connectivity index (χ3n) is 4.59. The van der Waals surface area contributed by atoms with Gasteiger partial charge >= 0.3 is 0 Å². The third-order valence-corrected chi connectivity index (χ3v) is 4.59. The largest absolute Gasteiger partial charge is 0.389 e. The predicted molar refractivity (Wildman–Crippen MR) is 78.6 cm³/mol. The van der Waals surface area contributed by atoms with E-state index in [4.69, 9.17) is 5.73 Å². The Labute approximate surface area is 116 Å². The number of hydrogen-bond acceptors (Lipinski definition) is 3. The van der Waals surface area contributed by atoms with Crippen molar-refractivity contribution in [1.82, 2.24) is 4.98 Å². The molecule has 0 amide bonds. The summed E-state index contributed by atoms with van der Waals surface area (Å²) >= 11 is 0. The minimum atomic E-state index is -0.636. The van der Waals surface area contributed by atoms with E-state index in [1.807, 2.05) is 12.1 Å². The van der Waals surface area contributed by atoms with E-state index >= 15 is 0 Å². The maximum atomic E-state index is 11.2. The Kier molecular flexibility index (Phi) is 4.14. The van der Waals surface area contributed by atoms with Gasteiger partial charge in [0.1, 0.15) is 5.82 Å². The highest BCUT2D eigenvalue weighted by Gasteiger charge is 2.42. The van der Waals surface area contributed by atoms with Gasteiger partial charge in [-0.2, -0.15) is 0 Å². The van der Waals surface area contributed by atoms with Gasteiger partial charge in [0, 0.05) is 12.6 Å². The summed E-state index contributed by atoms with van der Waals surface area (Å²) in [6.45, 7) is 6.64. The topological polar surface area (TPSA) is 59.1 Å². The number of nitrogens with zero attached hydrogens (tertiary/aromatic N) is 1. The SMILES string of the molecule is CC1CCC(C(C)C)C(O)(Cc2cccnc2N)C1. The van der Waals surface area contributed by atoms with Gasteiger partial charge in [-0.1, -0.05) is 33.3 Å². The number of aromatic nitrogens is 1. The number of nitrogen functional groups attached to an aromatic ring is 1. The minimum absolute atomic E-state index is 0.350. The van der Waals surface area contributed by atoms with Crippen LogP contribution in [0.5, 0.6) is 0 Å². The van der Waals surface area contributed by atoms with Crippen molar-refractivity contribution in [1.29, 1.82) is 0 Å². The quantitative estimate of drug-likeness (QED) is 0.880. The fourth-order valence-electron chi connectivity index (χ4n) is 3.68. The molecule has 0 aliphatic heterocycles. The molecule has 0 aromatic carbocycles. The number of anilines is 1. The molecular formula is C16H26N2O. The maximum Gasteiger partial charge on any atom is 0.126 e. The van der Waals surface area contributed by atoms with E-state index in [2.05, 4.69) is 25.8 Å². The van der Waals surface area contributed by atoms with E-state index in [0.29, 0.717) is 30.0 Å². The second-order valence-electron chi connectivity index (χ2n) is 6.57. The van der Waals surface area contributed by atoms with Gasteiger partial charge in [0.15, 0.2) is 0 Å². The smallest absolute Gasteiger partial charge is 0.126 e. The van der Waals surface area contributed by atoms with Crippen LogP contribution in [0.2, 0.25) is 0 Å². The van der Waals surface area contributed by atoms with Gasteiger partial charge < -0.3 is 10.8 Å². The summed E-state index contributed by atoms with van der Waals surface area (Å²) in [6.07, 6.45) is 5.51.